The predicted octanol–water partition coefficient (Wildman–Crippen LogP) is 2.96. The van der Waals surface area contributed by atoms with Gasteiger partial charge in [0.05, 0.1) is 7.11 Å². The van der Waals surface area contributed by atoms with Gasteiger partial charge in [0.2, 0.25) is 0 Å². The molecule has 0 bridgehead atoms. The van der Waals surface area contributed by atoms with E-state index in [1.54, 1.807) is 7.11 Å². The first-order chi connectivity index (χ1) is 12.1. The summed E-state index contributed by atoms with van der Waals surface area (Å²) in [6.45, 7) is 1.99. The summed E-state index contributed by atoms with van der Waals surface area (Å²) in [5, 5.41) is 2.95. The molecule has 0 saturated heterocycles. The van der Waals surface area contributed by atoms with Crippen LogP contribution in [0.4, 0.5) is 0 Å². The molecule has 0 unspecified atom stereocenters. The number of hydrogen-bond donors (Lipinski definition) is 1. The third-order valence-corrected chi connectivity index (χ3v) is 3.72. The zero-order chi connectivity index (χ0) is 18.1. The second-order valence-corrected chi connectivity index (χ2v) is 6.05. The molecule has 5 nitrogen and oxygen atoms in total. The predicted molar refractivity (Wildman–Crippen MR) is 99.3 cm³/mol. The number of benzene rings is 2. The average Bonchev–Trinajstić information content (AvgIpc) is 2.63. The lowest BCUT2D eigenvalue weighted by Gasteiger charge is -2.12. The number of para-hydroxylation sites is 2. The molecular weight excluding hydrogens is 316 g/mol. The summed E-state index contributed by atoms with van der Waals surface area (Å²) < 4.78 is 11.1. The molecule has 2 rings (SSSR count). The summed E-state index contributed by atoms with van der Waals surface area (Å²) in [5.41, 5.74) is 1.58. The van der Waals surface area contributed by atoms with E-state index in [1.807, 2.05) is 62.6 Å². The maximum absolute atomic E-state index is 12.2. The highest BCUT2D eigenvalue weighted by molar-refractivity contribution is 5.94. The van der Waals surface area contributed by atoms with Crippen molar-refractivity contribution in [2.45, 2.75) is 13.0 Å². The van der Waals surface area contributed by atoms with Gasteiger partial charge in [0.1, 0.15) is 6.61 Å². The van der Waals surface area contributed by atoms with Crippen LogP contribution in [0.2, 0.25) is 0 Å². The maximum Gasteiger partial charge on any atom is 0.251 e. The number of ether oxygens (including phenoxy) is 2. The van der Waals surface area contributed by atoms with E-state index in [9.17, 15) is 4.79 Å². The quantitative estimate of drug-likeness (QED) is 0.712. The van der Waals surface area contributed by atoms with Crippen molar-refractivity contribution in [1.29, 1.82) is 0 Å². The first-order valence-corrected chi connectivity index (χ1v) is 8.38. The number of hydrogen-bond acceptors (Lipinski definition) is 4. The molecule has 0 spiro atoms. The molecule has 0 aliphatic heterocycles. The molecular formula is C20H26N2O3. The van der Waals surface area contributed by atoms with Gasteiger partial charge >= 0.3 is 0 Å². The third-order valence-electron chi connectivity index (χ3n) is 3.72. The molecule has 2 aromatic rings. The zero-order valence-electron chi connectivity index (χ0n) is 15.1. The summed E-state index contributed by atoms with van der Waals surface area (Å²) in [6, 6.07) is 15.0. The van der Waals surface area contributed by atoms with Crippen molar-refractivity contribution in [3.63, 3.8) is 0 Å². The Balaban J connectivity index is 1.91. The first-order valence-electron chi connectivity index (χ1n) is 8.38. The highest BCUT2D eigenvalue weighted by Crippen LogP contribution is 2.26. The Morgan fingerprint density at radius 3 is 2.56 bits per heavy atom. The van der Waals surface area contributed by atoms with Crippen molar-refractivity contribution in [2.24, 2.45) is 0 Å². The molecule has 5 heteroatoms. The minimum absolute atomic E-state index is 0.0575. The Bertz CT molecular complexity index is 686. The minimum atomic E-state index is -0.0575. The molecule has 0 atom stereocenters. The van der Waals surface area contributed by atoms with Gasteiger partial charge in [-0.1, -0.05) is 24.3 Å². The van der Waals surface area contributed by atoms with E-state index in [1.165, 1.54) is 0 Å². The normalized spacial score (nSPS) is 10.6. The van der Waals surface area contributed by atoms with Crippen LogP contribution in [-0.2, 0) is 6.61 Å². The van der Waals surface area contributed by atoms with E-state index in [-0.39, 0.29) is 5.91 Å². The first kappa shape index (κ1) is 18.8. The highest BCUT2D eigenvalue weighted by Gasteiger charge is 2.07. The lowest BCUT2D eigenvalue weighted by atomic mass is 10.1. The molecule has 0 heterocycles. The summed E-state index contributed by atoms with van der Waals surface area (Å²) in [5.74, 6) is 1.32. The van der Waals surface area contributed by atoms with Gasteiger partial charge in [0.15, 0.2) is 11.5 Å². The second-order valence-electron chi connectivity index (χ2n) is 6.05. The Labute approximate surface area is 149 Å². The number of carbonyl (C=O) groups excluding carboxylic acids is 1. The lowest BCUT2D eigenvalue weighted by Crippen LogP contribution is -2.27. The number of rotatable bonds is 9. The van der Waals surface area contributed by atoms with Crippen LogP contribution in [0, 0.1) is 0 Å². The monoisotopic (exact) mass is 342 g/mol. The van der Waals surface area contributed by atoms with Crippen LogP contribution >= 0.6 is 0 Å². The van der Waals surface area contributed by atoms with E-state index in [0.717, 1.165) is 18.5 Å². The standard InChI is InChI=1S/C20H26N2O3/c1-22(2)13-7-12-21-20(23)17-9-6-8-16(14-17)15-25-19-11-5-4-10-18(19)24-3/h4-6,8-11,14H,7,12-13,15H2,1-3H3,(H,21,23). The molecule has 0 aliphatic rings. The van der Waals surface area contributed by atoms with Crippen LogP contribution < -0.4 is 14.8 Å². The highest BCUT2D eigenvalue weighted by atomic mass is 16.5. The Morgan fingerprint density at radius 2 is 1.84 bits per heavy atom. The molecule has 0 radical (unpaired) electrons. The van der Waals surface area contributed by atoms with Crippen molar-refractivity contribution in [1.82, 2.24) is 10.2 Å². The number of nitrogens with one attached hydrogen (secondary N) is 1. The van der Waals surface area contributed by atoms with Crippen LogP contribution in [0.25, 0.3) is 0 Å². The largest absolute Gasteiger partial charge is 0.493 e. The average molecular weight is 342 g/mol. The van der Waals surface area contributed by atoms with Crippen molar-refractivity contribution in [3.05, 3.63) is 59.7 Å². The summed E-state index contributed by atoms with van der Waals surface area (Å²) in [7, 11) is 5.66. The lowest BCUT2D eigenvalue weighted by molar-refractivity contribution is 0.0952. The summed E-state index contributed by atoms with van der Waals surface area (Å²) in [6.07, 6.45) is 0.926. The zero-order valence-corrected chi connectivity index (χ0v) is 15.1. The fraction of sp³-hybridized carbons (Fsp3) is 0.350. The van der Waals surface area contributed by atoms with Crippen LogP contribution in [0.3, 0.4) is 0 Å². The Kier molecular flexibility index (Phi) is 7.29. The van der Waals surface area contributed by atoms with E-state index in [2.05, 4.69) is 10.2 Å². The molecule has 0 aromatic heterocycles. The molecule has 1 amide bonds. The van der Waals surface area contributed by atoms with Crippen LogP contribution in [0.5, 0.6) is 11.5 Å². The van der Waals surface area contributed by atoms with E-state index >= 15 is 0 Å². The molecule has 0 fully saturated rings. The summed E-state index contributed by atoms with van der Waals surface area (Å²) >= 11 is 0. The fourth-order valence-corrected chi connectivity index (χ4v) is 2.40. The SMILES string of the molecule is COc1ccccc1OCc1cccc(C(=O)NCCCN(C)C)c1. The Hall–Kier alpha value is -2.53. The number of nitrogens with zero attached hydrogens (tertiary/aromatic N) is 1. The molecule has 134 valence electrons. The summed E-state index contributed by atoms with van der Waals surface area (Å²) in [4.78, 5) is 14.3. The van der Waals surface area contributed by atoms with Crippen molar-refractivity contribution < 1.29 is 14.3 Å². The second kappa shape index (κ2) is 9.69. The van der Waals surface area contributed by atoms with Gasteiger partial charge in [-0.15, -0.1) is 0 Å². The van der Waals surface area contributed by atoms with Crippen molar-refractivity contribution in [3.8, 4) is 11.5 Å². The van der Waals surface area contributed by atoms with Crippen LogP contribution in [0.15, 0.2) is 48.5 Å². The van der Waals surface area contributed by atoms with Gasteiger partial charge in [-0.2, -0.15) is 0 Å². The molecule has 0 saturated carbocycles. The Morgan fingerprint density at radius 1 is 1.08 bits per heavy atom. The maximum atomic E-state index is 12.2. The number of carbonyl (C=O) groups is 1. The number of methoxy groups -OCH3 is 1. The third kappa shape index (κ3) is 6.12. The molecule has 1 N–H and O–H groups in total. The van der Waals surface area contributed by atoms with Gasteiger partial charge in [-0.3, -0.25) is 4.79 Å². The van der Waals surface area contributed by atoms with Gasteiger partial charge in [0, 0.05) is 12.1 Å². The van der Waals surface area contributed by atoms with Crippen molar-refractivity contribution >= 4 is 5.91 Å². The smallest absolute Gasteiger partial charge is 0.251 e. The van der Waals surface area contributed by atoms with Gasteiger partial charge in [-0.25, -0.2) is 0 Å². The number of amides is 1. The molecule has 0 aliphatic carbocycles. The van der Waals surface area contributed by atoms with Gasteiger partial charge < -0.3 is 19.7 Å². The van der Waals surface area contributed by atoms with Gasteiger partial charge in [-0.05, 0) is 56.9 Å². The van der Waals surface area contributed by atoms with Crippen molar-refractivity contribution in [2.75, 3.05) is 34.3 Å². The van der Waals surface area contributed by atoms with E-state index in [0.29, 0.717) is 30.2 Å². The van der Waals surface area contributed by atoms with E-state index in [4.69, 9.17) is 9.47 Å². The minimum Gasteiger partial charge on any atom is -0.493 e. The van der Waals surface area contributed by atoms with Gasteiger partial charge in [0.25, 0.3) is 5.91 Å². The molecule has 25 heavy (non-hydrogen) atoms. The van der Waals surface area contributed by atoms with E-state index < -0.39 is 0 Å². The fourth-order valence-electron chi connectivity index (χ4n) is 2.40. The molecule has 2 aromatic carbocycles. The van der Waals surface area contributed by atoms with Crippen LogP contribution in [0.1, 0.15) is 22.3 Å². The topological polar surface area (TPSA) is 50.8 Å². The van der Waals surface area contributed by atoms with Crippen LogP contribution in [-0.4, -0.2) is 45.1 Å².